The number of hydrogen-bond acceptors (Lipinski definition) is 7. The van der Waals surface area contributed by atoms with Gasteiger partial charge in [-0.3, -0.25) is 14.5 Å². The van der Waals surface area contributed by atoms with Gasteiger partial charge in [0.25, 0.3) is 11.8 Å². The van der Waals surface area contributed by atoms with Crippen LogP contribution in [0.1, 0.15) is 77.3 Å². The zero-order valence-corrected chi connectivity index (χ0v) is 21.0. The molecule has 1 aliphatic carbocycles. The molecule has 8 heteroatoms. The third-order valence-corrected chi connectivity index (χ3v) is 7.78. The van der Waals surface area contributed by atoms with Gasteiger partial charge in [0.05, 0.1) is 16.8 Å². The number of aromatic nitrogens is 2. The number of benzene rings is 2. The Morgan fingerprint density at radius 3 is 2.24 bits per heavy atom. The summed E-state index contributed by atoms with van der Waals surface area (Å²) in [6, 6.07) is 15.6. The monoisotopic (exact) mass is 495 g/mol. The van der Waals surface area contributed by atoms with E-state index in [0.717, 1.165) is 37.0 Å². The maximum absolute atomic E-state index is 12.7. The molecule has 37 heavy (non-hydrogen) atoms. The average Bonchev–Trinajstić information content (AvgIpc) is 3.14. The van der Waals surface area contributed by atoms with E-state index in [-0.39, 0.29) is 11.8 Å². The van der Waals surface area contributed by atoms with E-state index >= 15 is 0 Å². The van der Waals surface area contributed by atoms with Gasteiger partial charge < -0.3 is 10.5 Å². The molecule has 0 unspecified atom stereocenters. The molecule has 2 aromatic carbocycles. The molecule has 2 N–H and O–H groups in total. The van der Waals surface area contributed by atoms with Gasteiger partial charge in [-0.1, -0.05) is 36.4 Å². The van der Waals surface area contributed by atoms with Crippen LogP contribution in [0.4, 0.5) is 11.5 Å². The molecular weight excluding hydrogens is 466 g/mol. The number of amides is 2. The predicted molar refractivity (Wildman–Crippen MR) is 140 cm³/mol. The minimum Gasteiger partial charge on any atom is -0.463 e. The maximum atomic E-state index is 12.7. The first-order chi connectivity index (χ1) is 17.8. The summed E-state index contributed by atoms with van der Waals surface area (Å²) < 4.78 is 6.10. The topological polar surface area (TPSA) is 111 Å². The van der Waals surface area contributed by atoms with Crippen molar-refractivity contribution in [1.29, 1.82) is 0 Å². The molecule has 0 radical (unpaired) electrons. The number of nitrogen functional groups attached to an aromatic ring is 1. The zero-order chi connectivity index (χ0) is 25.7. The average molecular weight is 496 g/mol. The van der Waals surface area contributed by atoms with Crippen LogP contribution in [0, 0.1) is 5.92 Å². The predicted octanol–water partition coefficient (Wildman–Crippen LogP) is 4.92. The van der Waals surface area contributed by atoms with Crippen LogP contribution in [0.2, 0.25) is 0 Å². The van der Waals surface area contributed by atoms with Gasteiger partial charge in [0.15, 0.2) is 11.5 Å². The lowest BCUT2D eigenvalue weighted by molar-refractivity contribution is 0.0614. The normalized spacial score (nSPS) is 22.2. The van der Waals surface area contributed by atoms with Gasteiger partial charge in [0.2, 0.25) is 5.88 Å². The van der Waals surface area contributed by atoms with Crippen LogP contribution in [-0.2, 0) is 0 Å². The van der Waals surface area contributed by atoms with E-state index in [1.165, 1.54) is 16.8 Å². The van der Waals surface area contributed by atoms with E-state index in [4.69, 9.17) is 15.5 Å². The number of carbonyl (C=O) groups is 2. The van der Waals surface area contributed by atoms with Crippen LogP contribution in [0.25, 0.3) is 0 Å². The van der Waals surface area contributed by atoms with E-state index in [1.807, 2.05) is 26.0 Å². The summed E-state index contributed by atoms with van der Waals surface area (Å²) in [6.07, 6.45) is 5.43. The molecule has 2 amide bonds. The lowest BCUT2D eigenvalue weighted by Crippen LogP contribution is -2.41. The molecular formula is C29H29N5O3. The van der Waals surface area contributed by atoms with Crippen molar-refractivity contribution in [2.24, 2.45) is 10.9 Å². The van der Waals surface area contributed by atoms with Crippen LogP contribution >= 0.6 is 0 Å². The van der Waals surface area contributed by atoms with Crippen molar-refractivity contribution in [3.63, 3.8) is 0 Å². The summed E-state index contributed by atoms with van der Waals surface area (Å²) in [4.78, 5) is 39.9. The minimum absolute atomic E-state index is 0.160. The number of nitrogens with zero attached hydrogens (tertiary/aromatic N) is 4. The highest BCUT2D eigenvalue weighted by atomic mass is 16.5. The Kier molecular flexibility index (Phi) is 5.55. The quantitative estimate of drug-likeness (QED) is 0.514. The largest absolute Gasteiger partial charge is 0.463 e. The zero-order valence-electron chi connectivity index (χ0n) is 21.0. The van der Waals surface area contributed by atoms with Gasteiger partial charge in [0.1, 0.15) is 11.9 Å². The molecule has 3 aromatic rings. The summed E-state index contributed by atoms with van der Waals surface area (Å²) in [5.41, 5.74) is 9.93. The Morgan fingerprint density at radius 1 is 0.946 bits per heavy atom. The van der Waals surface area contributed by atoms with E-state index < -0.39 is 5.60 Å². The molecule has 188 valence electrons. The fourth-order valence-electron chi connectivity index (χ4n) is 5.76. The molecule has 1 saturated carbocycles. The first-order valence-corrected chi connectivity index (χ1v) is 12.8. The highest BCUT2D eigenvalue weighted by Crippen LogP contribution is 2.40. The molecule has 8 nitrogen and oxygen atoms in total. The Bertz CT molecular complexity index is 1390. The number of ether oxygens (including phenoxy) is 1. The number of carbonyl (C=O) groups excluding carboxylic acids is 2. The summed E-state index contributed by atoms with van der Waals surface area (Å²) in [6.45, 7) is 4.44. The standard InChI is InChI=1S/C29H29N5O3/c1-29(2)24(33-23-25(30)31-16-32-26(23)37-29)20-13-11-19(12-14-20)18-9-7-17(8-10-18)15-34-27(35)21-5-3-4-6-22(21)28(34)36/h3-6,11-14,16-18H,7-10,15H2,1-2H3,(H2,30,31,32). The number of rotatable bonds is 4. The molecule has 6 rings (SSSR count). The highest BCUT2D eigenvalue weighted by Gasteiger charge is 2.38. The minimum atomic E-state index is -0.655. The molecule has 2 aliphatic heterocycles. The summed E-state index contributed by atoms with van der Waals surface area (Å²) in [5, 5.41) is 0. The van der Waals surface area contributed by atoms with Gasteiger partial charge in [-0.05, 0) is 69.1 Å². The maximum Gasteiger partial charge on any atom is 0.261 e. The number of fused-ring (bicyclic) bond motifs is 2. The molecule has 0 atom stereocenters. The first kappa shape index (κ1) is 23.3. The number of imide groups is 1. The number of anilines is 1. The second-order valence-electron chi connectivity index (χ2n) is 10.6. The van der Waals surface area contributed by atoms with Crippen molar-refractivity contribution in [3.8, 4) is 5.88 Å². The van der Waals surface area contributed by atoms with Crippen LogP contribution in [0.3, 0.4) is 0 Å². The first-order valence-electron chi connectivity index (χ1n) is 12.8. The SMILES string of the molecule is CC1(C)Oc2ncnc(N)c2N=C1c1ccc(C2CCC(CN3C(=O)c4ccccc4C3=O)CC2)cc1. The fourth-order valence-corrected chi connectivity index (χ4v) is 5.76. The lowest BCUT2D eigenvalue weighted by atomic mass is 9.78. The second-order valence-corrected chi connectivity index (χ2v) is 10.6. The van der Waals surface area contributed by atoms with Crippen LogP contribution in [0.15, 0.2) is 59.9 Å². The van der Waals surface area contributed by atoms with Crippen molar-refractivity contribution in [2.45, 2.75) is 51.0 Å². The molecule has 1 aromatic heterocycles. The van der Waals surface area contributed by atoms with Gasteiger partial charge in [-0.2, -0.15) is 4.98 Å². The summed E-state index contributed by atoms with van der Waals surface area (Å²) in [5.74, 6) is 1.16. The van der Waals surface area contributed by atoms with E-state index in [9.17, 15) is 9.59 Å². The van der Waals surface area contributed by atoms with Crippen LogP contribution in [-0.4, -0.2) is 44.5 Å². The highest BCUT2D eigenvalue weighted by molar-refractivity contribution is 6.21. The van der Waals surface area contributed by atoms with Gasteiger partial charge in [-0.25, -0.2) is 9.98 Å². The third kappa shape index (κ3) is 4.06. The fraction of sp³-hybridized carbons (Fsp3) is 0.345. The molecule has 1 fully saturated rings. The molecule has 0 saturated heterocycles. The third-order valence-electron chi connectivity index (χ3n) is 7.78. The molecule has 0 spiro atoms. The van der Waals surface area contributed by atoms with Crippen molar-refractivity contribution < 1.29 is 14.3 Å². The van der Waals surface area contributed by atoms with Crippen molar-refractivity contribution in [2.75, 3.05) is 12.3 Å². The Hall–Kier alpha value is -4.07. The second kappa shape index (κ2) is 8.80. The van der Waals surface area contributed by atoms with E-state index in [0.29, 0.717) is 46.9 Å². The molecule has 3 heterocycles. The molecule has 0 bridgehead atoms. The Morgan fingerprint density at radius 2 is 1.59 bits per heavy atom. The van der Waals surface area contributed by atoms with Crippen molar-refractivity contribution >= 4 is 29.0 Å². The van der Waals surface area contributed by atoms with Crippen molar-refractivity contribution in [1.82, 2.24) is 14.9 Å². The van der Waals surface area contributed by atoms with Crippen molar-refractivity contribution in [3.05, 3.63) is 77.1 Å². The van der Waals surface area contributed by atoms with E-state index in [2.05, 4.69) is 34.2 Å². The Labute approximate surface area is 215 Å². The van der Waals surface area contributed by atoms with Gasteiger partial charge in [0, 0.05) is 12.1 Å². The van der Waals surface area contributed by atoms with Gasteiger partial charge in [-0.15, -0.1) is 0 Å². The lowest BCUT2D eigenvalue weighted by Gasteiger charge is -2.32. The molecule has 3 aliphatic rings. The van der Waals surface area contributed by atoms with Crippen LogP contribution < -0.4 is 10.5 Å². The van der Waals surface area contributed by atoms with Gasteiger partial charge >= 0.3 is 0 Å². The summed E-state index contributed by atoms with van der Waals surface area (Å²) >= 11 is 0. The number of nitrogens with two attached hydrogens (primary N) is 1. The smallest absolute Gasteiger partial charge is 0.261 e. The number of aliphatic imine (C=N–C) groups is 1. The summed E-state index contributed by atoms with van der Waals surface area (Å²) in [7, 11) is 0. The van der Waals surface area contributed by atoms with E-state index in [1.54, 1.807) is 12.1 Å². The Balaban J connectivity index is 1.12. The van der Waals surface area contributed by atoms with Crippen LogP contribution in [0.5, 0.6) is 5.88 Å². The number of hydrogen-bond donors (Lipinski definition) is 1.